The molecule has 2 saturated heterocycles. The molecular formula is C17H26N2O. The fourth-order valence-corrected chi connectivity index (χ4v) is 3.46. The quantitative estimate of drug-likeness (QED) is 0.892. The highest BCUT2D eigenvalue weighted by atomic mass is 16.5. The summed E-state index contributed by atoms with van der Waals surface area (Å²) in [4.78, 5) is 2.57. The summed E-state index contributed by atoms with van der Waals surface area (Å²) >= 11 is 0. The number of likely N-dealkylation sites (N-methyl/N-ethyl adjacent to an activating group) is 1. The van der Waals surface area contributed by atoms with Crippen molar-refractivity contribution in [1.29, 1.82) is 0 Å². The van der Waals surface area contributed by atoms with Crippen LogP contribution in [-0.4, -0.2) is 43.8 Å². The average Bonchev–Trinajstić information content (AvgIpc) is 2.84. The molecular weight excluding hydrogens is 248 g/mol. The highest BCUT2D eigenvalue weighted by Gasteiger charge is 2.34. The molecule has 110 valence electrons. The largest absolute Gasteiger partial charge is 0.372 e. The van der Waals surface area contributed by atoms with Gasteiger partial charge in [0, 0.05) is 25.7 Å². The normalized spacial score (nSPS) is 27.7. The zero-order valence-corrected chi connectivity index (χ0v) is 12.6. The van der Waals surface area contributed by atoms with Crippen LogP contribution in [0.4, 0.5) is 0 Å². The number of likely N-dealkylation sites (tertiary alicyclic amines) is 1. The molecule has 0 amide bonds. The number of morpholine rings is 1. The van der Waals surface area contributed by atoms with Gasteiger partial charge in [-0.1, -0.05) is 31.2 Å². The van der Waals surface area contributed by atoms with Crippen molar-refractivity contribution in [3.8, 4) is 0 Å². The topological polar surface area (TPSA) is 24.5 Å². The number of fused-ring (bicyclic) bond motifs is 2. The first-order valence-corrected chi connectivity index (χ1v) is 7.92. The first-order valence-electron chi connectivity index (χ1n) is 7.92. The Kier molecular flexibility index (Phi) is 4.39. The lowest BCUT2D eigenvalue weighted by molar-refractivity contribution is -0.0405. The molecule has 1 N–H and O–H groups in total. The standard InChI is InChI=1S/C17H26N2O/c1-3-13-4-6-14(7-5-13)17(18-2)12-19-10-15-8-9-16(11-19)20-15/h4-7,15-18H,3,8-12H2,1-2H3. The summed E-state index contributed by atoms with van der Waals surface area (Å²) in [6, 6.07) is 9.47. The molecule has 0 aromatic heterocycles. The molecule has 3 atom stereocenters. The Morgan fingerprint density at radius 1 is 1.20 bits per heavy atom. The van der Waals surface area contributed by atoms with E-state index >= 15 is 0 Å². The van der Waals surface area contributed by atoms with Crippen LogP contribution in [-0.2, 0) is 11.2 Å². The van der Waals surface area contributed by atoms with Gasteiger partial charge in [0.25, 0.3) is 0 Å². The second kappa shape index (κ2) is 6.25. The minimum atomic E-state index is 0.415. The van der Waals surface area contributed by atoms with E-state index in [2.05, 4.69) is 48.5 Å². The van der Waals surface area contributed by atoms with Crippen LogP contribution in [0.3, 0.4) is 0 Å². The van der Waals surface area contributed by atoms with Crippen molar-refractivity contribution in [2.75, 3.05) is 26.7 Å². The lowest BCUT2D eigenvalue weighted by Gasteiger charge is -2.34. The maximum absolute atomic E-state index is 5.92. The third kappa shape index (κ3) is 3.05. The van der Waals surface area contributed by atoms with Crippen molar-refractivity contribution in [3.05, 3.63) is 35.4 Å². The number of rotatable bonds is 5. The van der Waals surface area contributed by atoms with E-state index in [1.807, 2.05) is 0 Å². The second-order valence-corrected chi connectivity index (χ2v) is 6.11. The van der Waals surface area contributed by atoms with Gasteiger partial charge in [-0.15, -0.1) is 0 Å². The number of benzene rings is 1. The maximum atomic E-state index is 5.92. The van der Waals surface area contributed by atoms with Gasteiger partial charge < -0.3 is 10.1 Å². The number of hydrogen-bond donors (Lipinski definition) is 1. The Balaban J connectivity index is 1.64. The zero-order valence-electron chi connectivity index (χ0n) is 12.6. The molecule has 2 fully saturated rings. The molecule has 0 spiro atoms. The fourth-order valence-electron chi connectivity index (χ4n) is 3.46. The Hall–Kier alpha value is -0.900. The van der Waals surface area contributed by atoms with Crippen LogP contribution >= 0.6 is 0 Å². The van der Waals surface area contributed by atoms with Crippen molar-refractivity contribution >= 4 is 0 Å². The van der Waals surface area contributed by atoms with Crippen LogP contribution in [0.25, 0.3) is 0 Å². The van der Waals surface area contributed by atoms with Crippen molar-refractivity contribution in [1.82, 2.24) is 10.2 Å². The zero-order chi connectivity index (χ0) is 13.9. The molecule has 20 heavy (non-hydrogen) atoms. The molecule has 0 aliphatic carbocycles. The molecule has 2 bridgehead atoms. The molecule has 3 heteroatoms. The first kappa shape index (κ1) is 14.1. The van der Waals surface area contributed by atoms with E-state index < -0.39 is 0 Å². The van der Waals surface area contributed by atoms with Gasteiger partial charge >= 0.3 is 0 Å². The fraction of sp³-hybridized carbons (Fsp3) is 0.647. The molecule has 3 rings (SSSR count). The number of nitrogens with one attached hydrogen (secondary N) is 1. The van der Waals surface area contributed by atoms with Gasteiger partial charge in [0.2, 0.25) is 0 Å². The summed E-state index contributed by atoms with van der Waals surface area (Å²) in [7, 11) is 2.06. The molecule has 3 nitrogen and oxygen atoms in total. The second-order valence-electron chi connectivity index (χ2n) is 6.11. The van der Waals surface area contributed by atoms with Crippen LogP contribution in [0, 0.1) is 0 Å². The van der Waals surface area contributed by atoms with Crippen LogP contribution in [0.1, 0.15) is 36.9 Å². The monoisotopic (exact) mass is 274 g/mol. The van der Waals surface area contributed by atoms with E-state index in [1.165, 1.54) is 24.0 Å². The minimum Gasteiger partial charge on any atom is -0.372 e. The lowest BCUT2D eigenvalue weighted by atomic mass is 10.0. The highest BCUT2D eigenvalue weighted by Crippen LogP contribution is 2.27. The first-order chi connectivity index (χ1) is 9.78. The van der Waals surface area contributed by atoms with Crippen molar-refractivity contribution in [2.45, 2.75) is 44.4 Å². The van der Waals surface area contributed by atoms with Gasteiger partial charge in [0.1, 0.15) is 0 Å². The van der Waals surface area contributed by atoms with Gasteiger partial charge in [-0.25, -0.2) is 0 Å². The van der Waals surface area contributed by atoms with E-state index in [4.69, 9.17) is 4.74 Å². The van der Waals surface area contributed by atoms with Crippen LogP contribution in [0.15, 0.2) is 24.3 Å². The van der Waals surface area contributed by atoms with E-state index in [0.717, 1.165) is 26.1 Å². The molecule has 2 aliphatic rings. The number of hydrogen-bond acceptors (Lipinski definition) is 3. The van der Waals surface area contributed by atoms with E-state index in [1.54, 1.807) is 0 Å². The van der Waals surface area contributed by atoms with Gasteiger partial charge in [-0.2, -0.15) is 0 Å². The van der Waals surface area contributed by atoms with Gasteiger partial charge in [-0.3, -0.25) is 4.90 Å². The molecule has 2 heterocycles. The van der Waals surface area contributed by atoms with Gasteiger partial charge in [0.05, 0.1) is 12.2 Å². The van der Waals surface area contributed by atoms with Gasteiger partial charge in [0.15, 0.2) is 0 Å². The Morgan fingerprint density at radius 3 is 2.40 bits per heavy atom. The number of nitrogens with zero attached hydrogens (tertiary/aromatic N) is 1. The predicted molar refractivity (Wildman–Crippen MR) is 82.0 cm³/mol. The SMILES string of the molecule is CCc1ccc(C(CN2CC3CCC(C2)O3)NC)cc1. The summed E-state index contributed by atoms with van der Waals surface area (Å²) in [6.45, 7) is 5.48. The summed E-state index contributed by atoms with van der Waals surface area (Å²) in [5, 5.41) is 3.47. The highest BCUT2D eigenvalue weighted by molar-refractivity contribution is 5.25. The molecule has 1 aromatic carbocycles. The molecule has 2 aliphatic heterocycles. The third-order valence-corrected chi connectivity index (χ3v) is 4.70. The molecule has 3 unspecified atom stereocenters. The van der Waals surface area contributed by atoms with Crippen LogP contribution in [0.5, 0.6) is 0 Å². The molecule has 1 aromatic rings. The Bertz CT molecular complexity index is 419. The summed E-state index contributed by atoms with van der Waals surface area (Å²) < 4.78 is 5.92. The van der Waals surface area contributed by atoms with Crippen molar-refractivity contribution < 1.29 is 4.74 Å². The van der Waals surface area contributed by atoms with Crippen LogP contribution in [0.2, 0.25) is 0 Å². The summed E-state index contributed by atoms with van der Waals surface area (Å²) in [5.74, 6) is 0. The van der Waals surface area contributed by atoms with E-state index in [0.29, 0.717) is 18.2 Å². The molecule has 0 saturated carbocycles. The van der Waals surface area contributed by atoms with Crippen LogP contribution < -0.4 is 5.32 Å². The van der Waals surface area contributed by atoms with Crippen molar-refractivity contribution in [3.63, 3.8) is 0 Å². The van der Waals surface area contributed by atoms with Gasteiger partial charge in [-0.05, 0) is 37.4 Å². The predicted octanol–water partition coefficient (Wildman–Crippen LogP) is 2.37. The lowest BCUT2D eigenvalue weighted by Crippen LogP contribution is -2.45. The maximum Gasteiger partial charge on any atom is 0.0707 e. The Morgan fingerprint density at radius 2 is 1.85 bits per heavy atom. The van der Waals surface area contributed by atoms with Crippen molar-refractivity contribution in [2.24, 2.45) is 0 Å². The smallest absolute Gasteiger partial charge is 0.0707 e. The number of ether oxygens (including phenoxy) is 1. The number of aryl methyl sites for hydroxylation is 1. The third-order valence-electron chi connectivity index (χ3n) is 4.70. The Labute approximate surface area is 122 Å². The minimum absolute atomic E-state index is 0.415. The summed E-state index contributed by atoms with van der Waals surface area (Å²) in [6.07, 6.45) is 4.56. The van der Waals surface area contributed by atoms with E-state index in [9.17, 15) is 0 Å². The van der Waals surface area contributed by atoms with E-state index in [-0.39, 0.29) is 0 Å². The average molecular weight is 274 g/mol. The summed E-state index contributed by atoms with van der Waals surface area (Å²) in [5.41, 5.74) is 2.80. The molecule has 0 radical (unpaired) electrons.